The van der Waals surface area contributed by atoms with Crippen molar-refractivity contribution in [3.63, 3.8) is 0 Å². The van der Waals surface area contributed by atoms with Crippen molar-refractivity contribution in [1.29, 1.82) is 0 Å². The molecule has 0 aliphatic carbocycles. The molecule has 4 heteroatoms. The number of fused-ring (bicyclic) bond motifs is 1. The van der Waals surface area contributed by atoms with E-state index in [-0.39, 0.29) is 5.54 Å². The third-order valence-corrected chi connectivity index (χ3v) is 3.31. The summed E-state index contributed by atoms with van der Waals surface area (Å²) in [7, 11) is 0. The molecule has 0 aliphatic heterocycles. The SMILES string of the molecule is CC(C)(C)NCc1cnc(-c2ccc3ncccc3c2)[nH]1. The summed E-state index contributed by atoms with van der Waals surface area (Å²) < 4.78 is 0. The first kappa shape index (κ1) is 13.8. The summed E-state index contributed by atoms with van der Waals surface area (Å²) in [4.78, 5) is 12.2. The van der Waals surface area contributed by atoms with Crippen LogP contribution in [0.25, 0.3) is 22.3 Å². The van der Waals surface area contributed by atoms with Crippen LogP contribution in [-0.4, -0.2) is 20.5 Å². The van der Waals surface area contributed by atoms with E-state index in [1.807, 2.05) is 24.5 Å². The van der Waals surface area contributed by atoms with Crippen LogP contribution in [0.3, 0.4) is 0 Å². The molecule has 1 aromatic carbocycles. The largest absolute Gasteiger partial charge is 0.341 e. The molecular formula is C17H20N4. The zero-order valence-electron chi connectivity index (χ0n) is 12.6. The zero-order chi connectivity index (χ0) is 14.9. The van der Waals surface area contributed by atoms with E-state index in [2.05, 4.69) is 59.2 Å². The number of imidazole rings is 1. The van der Waals surface area contributed by atoms with E-state index < -0.39 is 0 Å². The summed E-state index contributed by atoms with van der Waals surface area (Å²) in [5.74, 6) is 0.895. The van der Waals surface area contributed by atoms with Crippen LogP contribution < -0.4 is 5.32 Å². The summed E-state index contributed by atoms with van der Waals surface area (Å²) in [6, 6.07) is 10.2. The second-order valence-corrected chi connectivity index (χ2v) is 6.27. The highest BCUT2D eigenvalue weighted by Gasteiger charge is 2.10. The minimum absolute atomic E-state index is 0.0971. The van der Waals surface area contributed by atoms with Gasteiger partial charge in [0.05, 0.1) is 5.52 Å². The topological polar surface area (TPSA) is 53.6 Å². The number of hydrogen-bond acceptors (Lipinski definition) is 3. The number of hydrogen-bond donors (Lipinski definition) is 2. The molecule has 3 rings (SSSR count). The highest BCUT2D eigenvalue weighted by atomic mass is 15.0. The molecule has 0 radical (unpaired) electrons. The van der Waals surface area contributed by atoms with Crippen molar-refractivity contribution in [1.82, 2.24) is 20.3 Å². The lowest BCUT2D eigenvalue weighted by molar-refractivity contribution is 0.422. The Balaban J connectivity index is 1.84. The average molecular weight is 280 g/mol. The second-order valence-electron chi connectivity index (χ2n) is 6.27. The summed E-state index contributed by atoms with van der Waals surface area (Å²) in [6.07, 6.45) is 3.70. The van der Waals surface area contributed by atoms with Gasteiger partial charge in [0.15, 0.2) is 0 Å². The molecular weight excluding hydrogens is 260 g/mol. The number of pyridine rings is 1. The molecule has 2 heterocycles. The lowest BCUT2D eigenvalue weighted by Gasteiger charge is -2.19. The molecule has 108 valence electrons. The molecule has 2 aromatic heterocycles. The van der Waals surface area contributed by atoms with E-state index in [0.717, 1.165) is 34.5 Å². The number of H-pyrrole nitrogens is 1. The molecule has 4 nitrogen and oxygen atoms in total. The van der Waals surface area contributed by atoms with Crippen LogP contribution in [0.4, 0.5) is 0 Å². The van der Waals surface area contributed by atoms with Crippen LogP contribution in [0.5, 0.6) is 0 Å². The Bertz CT molecular complexity index is 753. The molecule has 0 atom stereocenters. The first-order valence-corrected chi connectivity index (χ1v) is 7.15. The Hall–Kier alpha value is -2.20. The van der Waals surface area contributed by atoms with Gasteiger partial charge in [0.1, 0.15) is 5.82 Å². The summed E-state index contributed by atoms with van der Waals surface area (Å²) in [6.45, 7) is 7.24. The van der Waals surface area contributed by atoms with E-state index in [1.54, 1.807) is 0 Å². The Morgan fingerprint density at radius 2 is 2.00 bits per heavy atom. The van der Waals surface area contributed by atoms with Crippen molar-refractivity contribution >= 4 is 10.9 Å². The van der Waals surface area contributed by atoms with Crippen molar-refractivity contribution < 1.29 is 0 Å². The van der Waals surface area contributed by atoms with Gasteiger partial charge in [-0.05, 0) is 45.0 Å². The number of aromatic amines is 1. The Kier molecular flexibility index (Phi) is 3.47. The standard InChI is InChI=1S/C17H20N4/c1-17(2,3)20-11-14-10-19-16(21-14)13-6-7-15-12(9-13)5-4-8-18-15/h4-10,20H,11H2,1-3H3,(H,19,21). The number of nitrogens with one attached hydrogen (secondary N) is 2. The van der Waals surface area contributed by atoms with Crippen molar-refractivity contribution in [3.8, 4) is 11.4 Å². The van der Waals surface area contributed by atoms with Crippen LogP contribution in [0.1, 0.15) is 26.5 Å². The monoisotopic (exact) mass is 280 g/mol. The number of benzene rings is 1. The molecule has 0 fully saturated rings. The average Bonchev–Trinajstić information content (AvgIpc) is 2.93. The van der Waals surface area contributed by atoms with E-state index in [1.165, 1.54) is 0 Å². The molecule has 3 aromatic rings. The van der Waals surface area contributed by atoms with Crippen LogP contribution >= 0.6 is 0 Å². The molecule has 0 spiro atoms. The quantitative estimate of drug-likeness (QED) is 0.772. The summed E-state index contributed by atoms with van der Waals surface area (Å²) in [5.41, 5.74) is 3.27. The second kappa shape index (κ2) is 5.30. The van der Waals surface area contributed by atoms with Gasteiger partial charge < -0.3 is 10.3 Å². The minimum atomic E-state index is 0.0971. The summed E-state index contributed by atoms with van der Waals surface area (Å²) >= 11 is 0. The van der Waals surface area contributed by atoms with Gasteiger partial charge in [0.25, 0.3) is 0 Å². The van der Waals surface area contributed by atoms with Gasteiger partial charge in [-0.25, -0.2) is 4.98 Å². The van der Waals surface area contributed by atoms with E-state index in [9.17, 15) is 0 Å². The van der Waals surface area contributed by atoms with Crippen molar-refractivity contribution in [2.45, 2.75) is 32.9 Å². The van der Waals surface area contributed by atoms with Crippen LogP contribution in [0.15, 0.2) is 42.7 Å². The van der Waals surface area contributed by atoms with Gasteiger partial charge in [-0.3, -0.25) is 4.98 Å². The van der Waals surface area contributed by atoms with E-state index in [0.29, 0.717) is 0 Å². The minimum Gasteiger partial charge on any atom is -0.341 e. The van der Waals surface area contributed by atoms with Crippen LogP contribution in [-0.2, 0) is 6.54 Å². The molecule has 0 saturated heterocycles. The third-order valence-electron chi connectivity index (χ3n) is 3.31. The van der Waals surface area contributed by atoms with Gasteiger partial charge in [0.2, 0.25) is 0 Å². The van der Waals surface area contributed by atoms with Gasteiger partial charge >= 0.3 is 0 Å². The fourth-order valence-corrected chi connectivity index (χ4v) is 2.18. The van der Waals surface area contributed by atoms with Gasteiger partial charge in [0, 0.05) is 41.1 Å². The van der Waals surface area contributed by atoms with Gasteiger partial charge in [-0.2, -0.15) is 0 Å². The lowest BCUT2D eigenvalue weighted by Crippen LogP contribution is -2.35. The lowest BCUT2D eigenvalue weighted by atomic mass is 10.1. The Morgan fingerprint density at radius 1 is 1.14 bits per heavy atom. The zero-order valence-corrected chi connectivity index (χ0v) is 12.6. The Labute approximate surface area is 124 Å². The molecule has 2 N–H and O–H groups in total. The van der Waals surface area contributed by atoms with Gasteiger partial charge in [-0.1, -0.05) is 6.07 Å². The smallest absolute Gasteiger partial charge is 0.137 e. The first-order valence-electron chi connectivity index (χ1n) is 7.15. The molecule has 0 bridgehead atoms. The molecule has 21 heavy (non-hydrogen) atoms. The maximum atomic E-state index is 4.48. The first-order chi connectivity index (χ1) is 10.0. The van der Waals surface area contributed by atoms with Crippen LogP contribution in [0.2, 0.25) is 0 Å². The number of nitrogens with zero attached hydrogens (tertiary/aromatic N) is 2. The predicted molar refractivity (Wildman–Crippen MR) is 85.9 cm³/mol. The third kappa shape index (κ3) is 3.28. The maximum absolute atomic E-state index is 4.48. The fraction of sp³-hybridized carbons (Fsp3) is 0.294. The van der Waals surface area contributed by atoms with Crippen molar-refractivity contribution in [2.75, 3.05) is 0 Å². The summed E-state index contributed by atoms with van der Waals surface area (Å²) in [5, 5.41) is 4.58. The Morgan fingerprint density at radius 3 is 2.81 bits per heavy atom. The van der Waals surface area contributed by atoms with E-state index in [4.69, 9.17) is 0 Å². The number of aromatic nitrogens is 3. The number of rotatable bonds is 3. The highest BCUT2D eigenvalue weighted by molar-refractivity contribution is 5.83. The van der Waals surface area contributed by atoms with E-state index >= 15 is 0 Å². The molecule has 0 unspecified atom stereocenters. The predicted octanol–water partition coefficient (Wildman–Crippen LogP) is 3.51. The van der Waals surface area contributed by atoms with Crippen molar-refractivity contribution in [2.24, 2.45) is 0 Å². The normalized spacial score (nSPS) is 12.0. The van der Waals surface area contributed by atoms with Crippen LogP contribution in [0, 0.1) is 0 Å². The fourth-order valence-electron chi connectivity index (χ4n) is 2.18. The molecule has 0 aliphatic rings. The molecule has 0 amide bonds. The van der Waals surface area contributed by atoms with Gasteiger partial charge in [-0.15, -0.1) is 0 Å². The molecule has 0 saturated carbocycles. The van der Waals surface area contributed by atoms with Crippen molar-refractivity contribution in [3.05, 3.63) is 48.4 Å². The highest BCUT2D eigenvalue weighted by Crippen LogP contribution is 2.21. The maximum Gasteiger partial charge on any atom is 0.137 e.